The predicted octanol–water partition coefficient (Wildman–Crippen LogP) is 3.29. The fourth-order valence-electron chi connectivity index (χ4n) is 2.05. The molecule has 0 spiro atoms. The van der Waals surface area contributed by atoms with Crippen LogP contribution in [0, 0.1) is 0 Å². The zero-order valence-corrected chi connectivity index (χ0v) is 19.1. The van der Waals surface area contributed by atoms with Crippen LogP contribution in [-0.2, 0) is 23.7 Å². The Balaban J connectivity index is 5.42. The Morgan fingerprint density at radius 1 is 0.920 bits per heavy atom. The summed E-state index contributed by atoms with van der Waals surface area (Å²) in [5.41, 5.74) is -0.872. The molecule has 148 valence electrons. The quantitative estimate of drug-likeness (QED) is 0.145. The standard InChI is InChI=1S/C19H38O5Si/c1-7-10-13-21-18(6,22-14-11-8-2)19(25,23-15-12-9-3)24-17(20)16(4)5/h4,7-15H2,1-3,5-6,25H3. The molecule has 0 saturated carbocycles. The summed E-state index contributed by atoms with van der Waals surface area (Å²) in [6.07, 6.45) is 5.73. The molecule has 0 bridgehead atoms. The number of unbranched alkanes of at least 4 members (excludes halogenated alkanes) is 3. The molecule has 6 heteroatoms. The smallest absolute Gasteiger partial charge is 0.335 e. The Labute approximate surface area is 156 Å². The lowest BCUT2D eigenvalue weighted by molar-refractivity contribution is -0.357. The molecule has 0 aromatic rings. The molecule has 0 N–H and O–H groups in total. The van der Waals surface area contributed by atoms with E-state index in [1.807, 2.05) is 6.92 Å². The van der Waals surface area contributed by atoms with Gasteiger partial charge in [0.15, 0.2) is 0 Å². The fraction of sp³-hybridized carbons (Fsp3) is 0.842. The van der Waals surface area contributed by atoms with Crippen molar-refractivity contribution in [2.75, 3.05) is 19.8 Å². The van der Waals surface area contributed by atoms with Gasteiger partial charge in [0.05, 0.1) is 19.8 Å². The number of carbonyl (C=O) groups is 1. The van der Waals surface area contributed by atoms with Crippen LogP contribution in [0.15, 0.2) is 12.2 Å². The lowest BCUT2D eigenvalue weighted by Gasteiger charge is -2.44. The molecule has 0 aliphatic heterocycles. The van der Waals surface area contributed by atoms with Gasteiger partial charge in [-0.1, -0.05) is 46.6 Å². The molecule has 1 atom stereocenters. The molecule has 0 aliphatic carbocycles. The molecule has 0 amide bonds. The molecule has 0 aromatic heterocycles. The lowest BCUT2D eigenvalue weighted by atomic mass is 10.2. The average Bonchev–Trinajstić information content (AvgIpc) is 2.55. The Morgan fingerprint density at radius 3 is 1.68 bits per heavy atom. The second kappa shape index (κ2) is 12.6. The van der Waals surface area contributed by atoms with Gasteiger partial charge in [-0.2, -0.15) is 0 Å². The van der Waals surface area contributed by atoms with Gasteiger partial charge in [-0.3, -0.25) is 0 Å². The van der Waals surface area contributed by atoms with Crippen LogP contribution < -0.4 is 0 Å². The summed E-state index contributed by atoms with van der Waals surface area (Å²) >= 11 is 0. The van der Waals surface area contributed by atoms with Crippen LogP contribution in [0.25, 0.3) is 0 Å². The van der Waals surface area contributed by atoms with Gasteiger partial charge in [-0.15, -0.1) is 0 Å². The molecule has 5 nitrogen and oxygen atoms in total. The number of carbonyl (C=O) groups excluding carboxylic acids is 1. The third-order valence-electron chi connectivity index (χ3n) is 4.09. The zero-order chi connectivity index (χ0) is 19.3. The van der Waals surface area contributed by atoms with Crippen LogP contribution in [0.2, 0.25) is 0 Å². The summed E-state index contributed by atoms with van der Waals surface area (Å²) in [5.74, 6) is -1.60. The first-order valence-electron chi connectivity index (χ1n) is 9.57. The van der Waals surface area contributed by atoms with E-state index in [0.717, 1.165) is 38.5 Å². The molecule has 25 heavy (non-hydrogen) atoms. The Bertz CT molecular complexity index is 389. The van der Waals surface area contributed by atoms with E-state index in [9.17, 15) is 4.79 Å². The molecular formula is C19H38O5Si. The maximum atomic E-state index is 12.2. The van der Waals surface area contributed by atoms with Crippen molar-refractivity contribution in [2.45, 2.75) is 84.3 Å². The topological polar surface area (TPSA) is 54.0 Å². The van der Waals surface area contributed by atoms with Crippen LogP contribution in [0.1, 0.15) is 73.1 Å². The molecule has 1 unspecified atom stereocenters. The molecule has 0 heterocycles. The van der Waals surface area contributed by atoms with Gasteiger partial charge in [0.1, 0.15) is 10.2 Å². The minimum absolute atomic E-state index is 0.337. The highest BCUT2D eigenvalue weighted by molar-refractivity contribution is 6.15. The number of esters is 1. The van der Waals surface area contributed by atoms with E-state index in [4.69, 9.17) is 18.9 Å². The van der Waals surface area contributed by atoms with Gasteiger partial charge in [0, 0.05) is 5.57 Å². The third-order valence-corrected chi connectivity index (χ3v) is 5.49. The first-order valence-corrected chi connectivity index (χ1v) is 10.6. The molecule has 0 fully saturated rings. The molecule has 0 saturated heterocycles. The van der Waals surface area contributed by atoms with Crippen LogP contribution >= 0.6 is 0 Å². The minimum Gasteiger partial charge on any atom is -0.429 e. The first kappa shape index (κ1) is 24.3. The zero-order valence-electron chi connectivity index (χ0n) is 17.1. The summed E-state index contributed by atoms with van der Waals surface area (Å²) in [6.45, 7) is 15.0. The van der Waals surface area contributed by atoms with E-state index >= 15 is 0 Å². The summed E-state index contributed by atoms with van der Waals surface area (Å²) < 4.78 is 23.9. The van der Waals surface area contributed by atoms with Crippen LogP contribution in [0.4, 0.5) is 0 Å². The van der Waals surface area contributed by atoms with E-state index in [0.29, 0.717) is 35.6 Å². The second-order valence-electron chi connectivity index (χ2n) is 6.67. The Hall–Kier alpha value is -0.693. The van der Waals surface area contributed by atoms with Crippen molar-refractivity contribution in [3.05, 3.63) is 12.2 Å². The monoisotopic (exact) mass is 374 g/mol. The maximum Gasteiger partial charge on any atom is 0.335 e. The van der Waals surface area contributed by atoms with Gasteiger partial charge >= 0.3 is 5.97 Å². The summed E-state index contributed by atoms with van der Waals surface area (Å²) in [5, 5.41) is 0. The Morgan fingerprint density at radius 2 is 1.32 bits per heavy atom. The van der Waals surface area contributed by atoms with E-state index in [1.54, 1.807) is 6.92 Å². The minimum atomic E-state index is -1.21. The largest absolute Gasteiger partial charge is 0.429 e. The van der Waals surface area contributed by atoms with Crippen molar-refractivity contribution in [1.82, 2.24) is 0 Å². The van der Waals surface area contributed by atoms with Crippen LogP contribution in [0.5, 0.6) is 0 Å². The normalized spacial score (nSPS) is 14.3. The van der Waals surface area contributed by atoms with E-state index in [-0.39, 0.29) is 0 Å². The first-order chi connectivity index (χ1) is 11.8. The third kappa shape index (κ3) is 8.49. The average molecular weight is 375 g/mol. The molecular weight excluding hydrogens is 336 g/mol. The van der Waals surface area contributed by atoms with Gasteiger partial charge in [-0.25, -0.2) is 4.79 Å². The maximum absolute atomic E-state index is 12.2. The fourth-order valence-corrected chi connectivity index (χ4v) is 2.73. The molecule has 0 aromatic carbocycles. The number of hydrogen-bond donors (Lipinski definition) is 0. The van der Waals surface area contributed by atoms with E-state index in [2.05, 4.69) is 27.4 Å². The van der Waals surface area contributed by atoms with Gasteiger partial charge in [0.25, 0.3) is 0 Å². The van der Waals surface area contributed by atoms with Gasteiger partial charge in [0.2, 0.25) is 11.2 Å². The Kier molecular flexibility index (Phi) is 12.3. The molecule has 0 aliphatic rings. The van der Waals surface area contributed by atoms with Crippen molar-refractivity contribution in [1.29, 1.82) is 0 Å². The van der Waals surface area contributed by atoms with Gasteiger partial charge < -0.3 is 18.9 Å². The highest BCUT2D eigenvalue weighted by Crippen LogP contribution is 2.32. The van der Waals surface area contributed by atoms with E-state index < -0.39 is 17.2 Å². The van der Waals surface area contributed by atoms with Gasteiger partial charge in [-0.05, 0) is 33.1 Å². The van der Waals surface area contributed by atoms with Crippen molar-refractivity contribution < 1.29 is 23.7 Å². The van der Waals surface area contributed by atoms with Crippen LogP contribution in [0.3, 0.4) is 0 Å². The van der Waals surface area contributed by atoms with E-state index in [1.165, 1.54) is 0 Å². The molecule has 0 rings (SSSR count). The highest BCUT2D eigenvalue weighted by Gasteiger charge is 2.51. The lowest BCUT2D eigenvalue weighted by Crippen LogP contribution is -2.61. The van der Waals surface area contributed by atoms with Crippen LogP contribution in [-0.4, -0.2) is 47.2 Å². The number of hydrogen-bond acceptors (Lipinski definition) is 5. The van der Waals surface area contributed by atoms with Crippen molar-refractivity contribution in [3.8, 4) is 0 Å². The number of ether oxygens (including phenoxy) is 4. The molecule has 0 radical (unpaired) electrons. The summed E-state index contributed by atoms with van der Waals surface area (Å²) in [6, 6.07) is 0. The van der Waals surface area contributed by atoms with Crippen molar-refractivity contribution >= 4 is 16.2 Å². The van der Waals surface area contributed by atoms with Crippen molar-refractivity contribution in [2.24, 2.45) is 0 Å². The highest BCUT2D eigenvalue weighted by atomic mass is 28.1. The summed E-state index contributed by atoms with van der Waals surface area (Å²) in [4.78, 5) is 12.2. The summed E-state index contributed by atoms with van der Waals surface area (Å²) in [7, 11) is 0.417. The van der Waals surface area contributed by atoms with Crippen molar-refractivity contribution in [3.63, 3.8) is 0 Å². The predicted molar refractivity (Wildman–Crippen MR) is 105 cm³/mol. The number of rotatable bonds is 15. The second-order valence-corrected chi connectivity index (χ2v) is 7.98. The SMILES string of the molecule is C=C(C)C(=O)OC([SiH3])(OCCCC)C(C)(OCCCC)OCCCC.